The van der Waals surface area contributed by atoms with E-state index in [1.807, 2.05) is 20.8 Å². The fraction of sp³-hybridized carbons (Fsp3) is 0.857. The summed E-state index contributed by atoms with van der Waals surface area (Å²) in [4.78, 5) is 25.7. The quantitative estimate of drug-likeness (QED) is 0.722. The Balaban J connectivity index is 2.64. The Hall–Kier alpha value is -1.10. The minimum Gasteiger partial charge on any atom is -0.396 e. The molecular formula is C14H26N2O3. The summed E-state index contributed by atoms with van der Waals surface area (Å²) in [5, 5.41) is 12.0. The molecule has 2 unspecified atom stereocenters. The van der Waals surface area contributed by atoms with Crippen LogP contribution in [0.25, 0.3) is 0 Å². The average Bonchev–Trinajstić information content (AvgIpc) is 2.76. The second-order valence-corrected chi connectivity index (χ2v) is 5.49. The normalized spacial score (nSPS) is 18.8. The van der Waals surface area contributed by atoms with Gasteiger partial charge in [0.05, 0.1) is 0 Å². The SMILES string of the molecule is CCC(C(=O)NC(CCO)C(C)C)N1CCCC1=O. The summed E-state index contributed by atoms with van der Waals surface area (Å²) in [6.07, 6.45) is 2.57. The van der Waals surface area contributed by atoms with Crippen molar-refractivity contribution in [3.63, 3.8) is 0 Å². The molecule has 1 aliphatic rings. The molecule has 0 bridgehead atoms. The lowest BCUT2D eigenvalue weighted by Crippen LogP contribution is -2.51. The number of amides is 2. The van der Waals surface area contributed by atoms with Gasteiger partial charge in [0.25, 0.3) is 0 Å². The molecule has 1 rings (SSSR count). The zero-order valence-corrected chi connectivity index (χ0v) is 12.2. The van der Waals surface area contributed by atoms with Crippen molar-refractivity contribution >= 4 is 11.8 Å². The number of aliphatic hydroxyl groups excluding tert-OH is 1. The van der Waals surface area contributed by atoms with Gasteiger partial charge in [0.2, 0.25) is 11.8 Å². The zero-order valence-electron chi connectivity index (χ0n) is 12.2. The Kier molecular flexibility index (Phi) is 6.28. The maximum atomic E-state index is 12.3. The molecule has 2 N–H and O–H groups in total. The third kappa shape index (κ3) is 4.20. The molecule has 1 fully saturated rings. The summed E-state index contributed by atoms with van der Waals surface area (Å²) >= 11 is 0. The highest BCUT2D eigenvalue weighted by atomic mass is 16.3. The van der Waals surface area contributed by atoms with Crippen molar-refractivity contribution in [2.45, 2.75) is 58.5 Å². The highest BCUT2D eigenvalue weighted by Gasteiger charge is 2.32. The van der Waals surface area contributed by atoms with Crippen molar-refractivity contribution in [2.24, 2.45) is 5.92 Å². The van der Waals surface area contributed by atoms with Crippen LogP contribution in [0.1, 0.15) is 46.5 Å². The van der Waals surface area contributed by atoms with Gasteiger partial charge in [-0.05, 0) is 25.2 Å². The summed E-state index contributed by atoms with van der Waals surface area (Å²) in [5.74, 6) is 0.248. The number of nitrogens with zero attached hydrogens (tertiary/aromatic N) is 1. The van der Waals surface area contributed by atoms with Gasteiger partial charge in [-0.15, -0.1) is 0 Å². The van der Waals surface area contributed by atoms with E-state index in [-0.39, 0.29) is 36.4 Å². The standard InChI is InChI=1S/C14H26N2O3/c1-4-12(16-8-5-6-13(16)18)14(19)15-11(7-9-17)10(2)3/h10-12,17H,4-9H2,1-3H3,(H,15,19). The monoisotopic (exact) mass is 270 g/mol. The molecule has 0 radical (unpaired) electrons. The summed E-state index contributed by atoms with van der Waals surface area (Å²) in [6.45, 7) is 6.69. The highest BCUT2D eigenvalue weighted by molar-refractivity contribution is 5.88. The summed E-state index contributed by atoms with van der Waals surface area (Å²) in [6, 6.07) is -0.404. The predicted octanol–water partition coefficient (Wildman–Crippen LogP) is 0.911. The molecular weight excluding hydrogens is 244 g/mol. The van der Waals surface area contributed by atoms with Gasteiger partial charge in [-0.25, -0.2) is 0 Å². The topological polar surface area (TPSA) is 69.6 Å². The Morgan fingerprint density at radius 2 is 2.16 bits per heavy atom. The Morgan fingerprint density at radius 1 is 1.47 bits per heavy atom. The fourth-order valence-corrected chi connectivity index (χ4v) is 2.54. The van der Waals surface area contributed by atoms with Crippen molar-refractivity contribution in [1.82, 2.24) is 10.2 Å². The van der Waals surface area contributed by atoms with E-state index in [9.17, 15) is 9.59 Å². The first kappa shape index (κ1) is 16.0. The molecule has 1 aliphatic heterocycles. The Bertz CT molecular complexity index is 318. The number of carbonyl (C=O) groups excluding carboxylic acids is 2. The van der Waals surface area contributed by atoms with E-state index in [0.29, 0.717) is 25.8 Å². The van der Waals surface area contributed by atoms with Gasteiger partial charge in [0.15, 0.2) is 0 Å². The van der Waals surface area contributed by atoms with Gasteiger partial charge in [-0.3, -0.25) is 9.59 Å². The van der Waals surface area contributed by atoms with Crippen molar-refractivity contribution < 1.29 is 14.7 Å². The highest BCUT2D eigenvalue weighted by Crippen LogP contribution is 2.16. The molecule has 5 heteroatoms. The van der Waals surface area contributed by atoms with E-state index < -0.39 is 0 Å². The van der Waals surface area contributed by atoms with Crippen molar-refractivity contribution in [2.75, 3.05) is 13.2 Å². The van der Waals surface area contributed by atoms with Crippen LogP contribution in [0.15, 0.2) is 0 Å². The molecule has 0 saturated carbocycles. The van der Waals surface area contributed by atoms with Gasteiger partial charge in [0.1, 0.15) is 6.04 Å². The van der Waals surface area contributed by atoms with Crippen LogP contribution in [0.2, 0.25) is 0 Å². The molecule has 1 saturated heterocycles. The molecule has 0 aromatic rings. The predicted molar refractivity (Wildman–Crippen MR) is 73.5 cm³/mol. The maximum absolute atomic E-state index is 12.3. The molecule has 1 heterocycles. The average molecular weight is 270 g/mol. The fourth-order valence-electron chi connectivity index (χ4n) is 2.54. The summed E-state index contributed by atoms with van der Waals surface area (Å²) in [5.41, 5.74) is 0. The first-order chi connectivity index (χ1) is 9.01. The van der Waals surface area contributed by atoms with Crippen LogP contribution in [0.3, 0.4) is 0 Å². The molecule has 0 spiro atoms. The maximum Gasteiger partial charge on any atom is 0.243 e. The van der Waals surface area contributed by atoms with E-state index >= 15 is 0 Å². The van der Waals surface area contributed by atoms with Crippen LogP contribution < -0.4 is 5.32 Å². The lowest BCUT2D eigenvalue weighted by atomic mass is 10.0. The van der Waals surface area contributed by atoms with E-state index in [4.69, 9.17) is 5.11 Å². The summed E-state index contributed by atoms with van der Waals surface area (Å²) < 4.78 is 0. The number of likely N-dealkylation sites (tertiary alicyclic amines) is 1. The molecule has 0 aromatic carbocycles. The number of aliphatic hydroxyl groups is 1. The lowest BCUT2D eigenvalue weighted by Gasteiger charge is -2.29. The first-order valence-electron chi connectivity index (χ1n) is 7.22. The third-order valence-electron chi connectivity index (χ3n) is 3.75. The van der Waals surface area contributed by atoms with E-state index in [0.717, 1.165) is 6.42 Å². The number of hydrogen-bond acceptors (Lipinski definition) is 3. The molecule has 5 nitrogen and oxygen atoms in total. The van der Waals surface area contributed by atoms with Crippen LogP contribution >= 0.6 is 0 Å². The number of nitrogens with one attached hydrogen (secondary N) is 1. The number of rotatable bonds is 7. The third-order valence-corrected chi connectivity index (χ3v) is 3.75. The summed E-state index contributed by atoms with van der Waals surface area (Å²) in [7, 11) is 0. The zero-order chi connectivity index (χ0) is 14.4. The largest absolute Gasteiger partial charge is 0.396 e. The van der Waals surface area contributed by atoms with Crippen molar-refractivity contribution in [3.8, 4) is 0 Å². The molecule has 2 amide bonds. The molecule has 19 heavy (non-hydrogen) atoms. The second-order valence-electron chi connectivity index (χ2n) is 5.49. The smallest absolute Gasteiger partial charge is 0.243 e. The second kappa shape index (κ2) is 7.48. The van der Waals surface area contributed by atoms with Crippen LogP contribution in [-0.4, -0.2) is 47.1 Å². The minimum atomic E-state index is -0.366. The lowest BCUT2D eigenvalue weighted by molar-refractivity contribution is -0.138. The molecule has 110 valence electrons. The van der Waals surface area contributed by atoms with Gasteiger partial charge in [0, 0.05) is 25.6 Å². The molecule has 2 atom stereocenters. The van der Waals surface area contributed by atoms with E-state index in [1.54, 1.807) is 4.90 Å². The van der Waals surface area contributed by atoms with Gasteiger partial charge in [-0.2, -0.15) is 0 Å². The van der Waals surface area contributed by atoms with Crippen molar-refractivity contribution in [3.05, 3.63) is 0 Å². The van der Waals surface area contributed by atoms with E-state index in [2.05, 4.69) is 5.32 Å². The van der Waals surface area contributed by atoms with Crippen LogP contribution in [0, 0.1) is 5.92 Å². The Morgan fingerprint density at radius 3 is 2.58 bits per heavy atom. The first-order valence-corrected chi connectivity index (χ1v) is 7.22. The minimum absolute atomic E-state index is 0.0377. The van der Waals surface area contributed by atoms with Crippen molar-refractivity contribution in [1.29, 1.82) is 0 Å². The number of carbonyl (C=O) groups is 2. The van der Waals surface area contributed by atoms with Crippen LogP contribution in [0.4, 0.5) is 0 Å². The van der Waals surface area contributed by atoms with Gasteiger partial charge in [-0.1, -0.05) is 20.8 Å². The van der Waals surface area contributed by atoms with Crippen LogP contribution in [-0.2, 0) is 9.59 Å². The van der Waals surface area contributed by atoms with Crippen LogP contribution in [0.5, 0.6) is 0 Å². The van der Waals surface area contributed by atoms with E-state index in [1.165, 1.54) is 0 Å². The number of hydrogen-bond donors (Lipinski definition) is 2. The van der Waals surface area contributed by atoms with Gasteiger partial charge < -0.3 is 15.3 Å². The van der Waals surface area contributed by atoms with Gasteiger partial charge >= 0.3 is 0 Å². The molecule has 0 aliphatic carbocycles. The Labute approximate surface area is 115 Å². The molecule has 0 aromatic heterocycles.